The first-order chi connectivity index (χ1) is 19.5. The first-order valence-electron chi connectivity index (χ1n) is 13.5. The van der Waals surface area contributed by atoms with E-state index in [0.29, 0.717) is 17.5 Å². The summed E-state index contributed by atoms with van der Waals surface area (Å²) in [6.45, 7) is 4.17. The normalized spacial score (nSPS) is 15.8. The van der Waals surface area contributed by atoms with Crippen molar-refractivity contribution in [3.63, 3.8) is 0 Å². The zero-order valence-electron chi connectivity index (χ0n) is 22.5. The summed E-state index contributed by atoms with van der Waals surface area (Å²) >= 11 is 0. The number of fused-ring (bicyclic) bond motifs is 1. The van der Waals surface area contributed by atoms with Crippen molar-refractivity contribution in [2.24, 2.45) is 0 Å². The Bertz CT molecular complexity index is 1400. The van der Waals surface area contributed by atoms with Crippen LogP contribution in [0.15, 0.2) is 77.7 Å². The number of aliphatic carboxylic acids is 1. The lowest BCUT2D eigenvalue weighted by Crippen LogP contribution is -2.33. The molecule has 7 nitrogen and oxygen atoms in total. The van der Waals surface area contributed by atoms with Crippen molar-refractivity contribution < 1.29 is 31.5 Å². The Morgan fingerprint density at radius 1 is 0.902 bits per heavy atom. The fourth-order valence-corrected chi connectivity index (χ4v) is 6.12. The van der Waals surface area contributed by atoms with Crippen molar-refractivity contribution in [1.82, 2.24) is 14.9 Å². The van der Waals surface area contributed by atoms with E-state index in [2.05, 4.69) is 63.5 Å². The van der Waals surface area contributed by atoms with Gasteiger partial charge in [-0.25, -0.2) is 17.9 Å². The minimum atomic E-state index is -5.08. The molecule has 0 unspecified atom stereocenters. The van der Waals surface area contributed by atoms with E-state index < -0.39 is 22.2 Å². The molecule has 1 aliphatic carbocycles. The number of carboxylic acids is 1. The highest BCUT2D eigenvalue weighted by molar-refractivity contribution is 7.89. The van der Waals surface area contributed by atoms with Crippen LogP contribution in [0.2, 0.25) is 0 Å². The van der Waals surface area contributed by atoms with Crippen LogP contribution in [0.4, 0.5) is 13.2 Å². The first kappa shape index (κ1) is 30.7. The summed E-state index contributed by atoms with van der Waals surface area (Å²) in [7, 11) is -3.52. The third-order valence-corrected chi connectivity index (χ3v) is 8.70. The van der Waals surface area contributed by atoms with Crippen molar-refractivity contribution in [1.29, 1.82) is 0 Å². The van der Waals surface area contributed by atoms with Gasteiger partial charge in [0, 0.05) is 25.7 Å². The molecular formula is C30H34F3N3O4S. The van der Waals surface area contributed by atoms with Crippen LogP contribution in [0.3, 0.4) is 0 Å². The Balaban J connectivity index is 0.000000493. The van der Waals surface area contributed by atoms with E-state index >= 15 is 0 Å². The van der Waals surface area contributed by atoms with Gasteiger partial charge in [0.1, 0.15) is 0 Å². The Hall–Kier alpha value is -3.25. The molecule has 1 aliphatic heterocycles. The van der Waals surface area contributed by atoms with Crippen LogP contribution in [-0.4, -0.2) is 62.8 Å². The van der Waals surface area contributed by atoms with Crippen molar-refractivity contribution >= 4 is 16.0 Å². The van der Waals surface area contributed by atoms with Crippen molar-refractivity contribution in [3.05, 3.63) is 89.5 Å². The maximum atomic E-state index is 12.8. The number of hydrogen-bond donors (Lipinski definition) is 3. The lowest BCUT2D eigenvalue weighted by molar-refractivity contribution is -0.192. The van der Waals surface area contributed by atoms with E-state index in [4.69, 9.17) is 9.90 Å². The Labute approximate surface area is 238 Å². The molecule has 2 aliphatic rings. The SMILES string of the molecule is O=C(O)C(F)(F)F.O=S(=O)(NCCN1CCCC1)c1cccc(-c2ccc(CNC3Cc4ccccc4C3)cc2)c1. The van der Waals surface area contributed by atoms with Crippen LogP contribution in [0.5, 0.6) is 0 Å². The quantitative estimate of drug-likeness (QED) is 0.337. The van der Waals surface area contributed by atoms with Gasteiger partial charge in [0.25, 0.3) is 0 Å². The third kappa shape index (κ3) is 8.87. The molecule has 41 heavy (non-hydrogen) atoms. The molecule has 0 spiro atoms. The van der Waals surface area contributed by atoms with Gasteiger partial charge in [-0.2, -0.15) is 13.2 Å². The van der Waals surface area contributed by atoms with Gasteiger partial charge in [-0.15, -0.1) is 0 Å². The Kier molecular flexibility index (Phi) is 10.2. The van der Waals surface area contributed by atoms with E-state index in [1.807, 2.05) is 12.1 Å². The standard InChI is InChI=1S/C28H33N3O2S.C2HF3O2/c32-34(33,30-14-17-31-15-3-4-16-31)28-9-5-8-26(20-28)23-12-10-22(11-13-23)21-29-27-18-24-6-1-2-7-25(24)19-27;3-2(4,5)1(6)7/h1-2,5-13,20,27,29-30H,3-4,14-19,21H2;(H,6,7). The molecule has 0 aromatic heterocycles. The summed E-state index contributed by atoms with van der Waals surface area (Å²) in [6.07, 6.45) is -0.500. The zero-order chi connectivity index (χ0) is 29.5. The summed E-state index contributed by atoms with van der Waals surface area (Å²) < 4.78 is 60.1. The molecule has 3 aromatic carbocycles. The largest absolute Gasteiger partial charge is 0.490 e. The second-order valence-corrected chi connectivity index (χ2v) is 12.0. The highest BCUT2D eigenvalue weighted by Gasteiger charge is 2.38. The minimum absolute atomic E-state index is 0.318. The predicted molar refractivity (Wildman–Crippen MR) is 151 cm³/mol. The van der Waals surface area contributed by atoms with E-state index in [0.717, 1.165) is 50.1 Å². The molecular weight excluding hydrogens is 555 g/mol. The van der Waals surface area contributed by atoms with Crippen LogP contribution < -0.4 is 10.0 Å². The maximum Gasteiger partial charge on any atom is 0.490 e. The molecule has 1 heterocycles. The molecule has 3 aromatic rings. The number of likely N-dealkylation sites (tertiary alicyclic amines) is 1. The topological polar surface area (TPSA) is 98.7 Å². The van der Waals surface area contributed by atoms with Gasteiger partial charge >= 0.3 is 12.1 Å². The summed E-state index contributed by atoms with van der Waals surface area (Å²) in [5, 5.41) is 10.8. The highest BCUT2D eigenvalue weighted by Crippen LogP contribution is 2.24. The molecule has 0 atom stereocenters. The summed E-state index contributed by atoms with van der Waals surface area (Å²) in [5.74, 6) is -2.76. The highest BCUT2D eigenvalue weighted by atomic mass is 32.2. The van der Waals surface area contributed by atoms with E-state index in [1.54, 1.807) is 12.1 Å². The molecule has 0 bridgehead atoms. The van der Waals surface area contributed by atoms with Gasteiger partial charge < -0.3 is 15.3 Å². The molecule has 3 N–H and O–H groups in total. The fourth-order valence-electron chi connectivity index (χ4n) is 5.05. The molecule has 1 saturated heterocycles. The minimum Gasteiger partial charge on any atom is -0.475 e. The number of sulfonamides is 1. The van der Waals surface area contributed by atoms with Crippen LogP contribution in [0.1, 0.15) is 29.5 Å². The van der Waals surface area contributed by atoms with Crippen LogP contribution >= 0.6 is 0 Å². The predicted octanol–water partition coefficient (Wildman–Crippen LogP) is 4.62. The third-order valence-electron chi connectivity index (χ3n) is 7.24. The van der Waals surface area contributed by atoms with E-state index in [-0.39, 0.29) is 0 Å². The number of nitrogens with zero attached hydrogens (tertiary/aromatic N) is 1. The maximum absolute atomic E-state index is 12.8. The Morgan fingerprint density at radius 3 is 2.10 bits per heavy atom. The van der Waals surface area contributed by atoms with E-state index in [9.17, 15) is 21.6 Å². The summed E-state index contributed by atoms with van der Waals surface area (Å²) in [4.78, 5) is 11.5. The number of benzene rings is 3. The second-order valence-electron chi connectivity index (χ2n) is 10.2. The molecule has 5 rings (SSSR count). The van der Waals surface area contributed by atoms with Crippen molar-refractivity contribution in [2.45, 2.75) is 49.3 Å². The Morgan fingerprint density at radius 2 is 1.51 bits per heavy atom. The van der Waals surface area contributed by atoms with Crippen LogP contribution in [0.25, 0.3) is 11.1 Å². The smallest absolute Gasteiger partial charge is 0.475 e. The summed E-state index contributed by atoms with van der Waals surface area (Å²) in [5.41, 5.74) is 6.07. The first-order valence-corrected chi connectivity index (χ1v) is 15.0. The van der Waals surface area contributed by atoms with Gasteiger partial charge in [0.2, 0.25) is 10.0 Å². The monoisotopic (exact) mass is 589 g/mol. The molecule has 1 fully saturated rings. The molecule has 0 saturated carbocycles. The molecule has 11 heteroatoms. The summed E-state index contributed by atoms with van der Waals surface area (Å²) in [6, 6.07) is 24.8. The average Bonchev–Trinajstić information content (AvgIpc) is 3.62. The number of nitrogens with one attached hydrogen (secondary N) is 2. The molecule has 0 radical (unpaired) electrons. The lowest BCUT2D eigenvalue weighted by Gasteiger charge is -2.15. The van der Waals surface area contributed by atoms with Crippen LogP contribution in [-0.2, 0) is 34.2 Å². The van der Waals surface area contributed by atoms with Crippen molar-refractivity contribution in [2.75, 3.05) is 26.2 Å². The van der Waals surface area contributed by atoms with Gasteiger partial charge in [-0.3, -0.25) is 0 Å². The van der Waals surface area contributed by atoms with Gasteiger partial charge in [-0.1, -0.05) is 60.7 Å². The number of alkyl halides is 3. The van der Waals surface area contributed by atoms with E-state index in [1.165, 1.54) is 29.5 Å². The molecule has 0 amide bonds. The second kappa shape index (κ2) is 13.6. The fraction of sp³-hybridized carbons (Fsp3) is 0.367. The molecule has 220 valence electrons. The van der Waals surface area contributed by atoms with Gasteiger partial charge in [0.05, 0.1) is 4.90 Å². The lowest BCUT2D eigenvalue weighted by atomic mass is 10.0. The van der Waals surface area contributed by atoms with Crippen molar-refractivity contribution in [3.8, 4) is 11.1 Å². The van der Waals surface area contributed by atoms with Gasteiger partial charge in [-0.05, 0) is 78.7 Å². The number of hydrogen-bond acceptors (Lipinski definition) is 5. The number of carboxylic acid groups (broad SMARTS) is 1. The average molecular weight is 590 g/mol. The van der Waals surface area contributed by atoms with Gasteiger partial charge in [0.15, 0.2) is 0 Å². The number of halogens is 3. The number of carbonyl (C=O) groups is 1. The zero-order valence-corrected chi connectivity index (χ0v) is 23.3. The van der Waals surface area contributed by atoms with Crippen LogP contribution in [0, 0.1) is 0 Å². The number of rotatable bonds is 9.